The van der Waals surface area contributed by atoms with Crippen molar-refractivity contribution in [2.75, 3.05) is 0 Å². The van der Waals surface area contributed by atoms with Gasteiger partial charge in [-0.2, -0.15) is 4.98 Å². The highest BCUT2D eigenvalue weighted by atomic mass is 35.5. The van der Waals surface area contributed by atoms with Crippen molar-refractivity contribution in [3.63, 3.8) is 0 Å². The molecule has 0 bridgehead atoms. The van der Waals surface area contributed by atoms with Crippen LogP contribution < -0.4 is 4.74 Å². The molecule has 8 heteroatoms. The first-order chi connectivity index (χ1) is 8.97. The lowest BCUT2D eigenvalue weighted by Gasteiger charge is -2.06. The van der Waals surface area contributed by atoms with Crippen LogP contribution in [0.25, 0.3) is 0 Å². The second-order valence-electron chi connectivity index (χ2n) is 3.60. The second kappa shape index (κ2) is 5.38. The highest BCUT2D eigenvalue weighted by Crippen LogP contribution is 2.31. The van der Waals surface area contributed by atoms with Crippen LogP contribution in [-0.4, -0.2) is 14.9 Å². The van der Waals surface area contributed by atoms with Crippen LogP contribution in [0.5, 0.6) is 11.6 Å². The summed E-state index contributed by atoms with van der Waals surface area (Å²) in [6.45, 7) is 1.79. The standard InChI is InChI=1S/C11H7Cl2N3O3/c1-6-4-7(2-3-8(6)12)19-10-9(16(17)18)5-14-11(13)15-10/h2-5H,1H3. The van der Waals surface area contributed by atoms with Crippen LogP contribution >= 0.6 is 23.2 Å². The summed E-state index contributed by atoms with van der Waals surface area (Å²) in [6.07, 6.45) is 0.993. The second-order valence-corrected chi connectivity index (χ2v) is 4.34. The lowest BCUT2D eigenvalue weighted by Crippen LogP contribution is -1.98. The number of hydrogen-bond donors (Lipinski definition) is 0. The van der Waals surface area contributed by atoms with Gasteiger partial charge in [0.15, 0.2) is 0 Å². The van der Waals surface area contributed by atoms with Gasteiger partial charge in [0.2, 0.25) is 5.28 Å². The van der Waals surface area contributed by atoms with E-state index in [4.69, 9.17) is 27.9 Å². The number of rotatable bonds is 3. The summed E-state index contributed by atoms with van der Waals surface area (Å²) in [5.74, 6) is 0.159. The fourth-order valence-corrected chi connectivity index (χ4v) is 1.58. The van der Waals surface area contributed by atoms with Crippen molar-refractivity contribution in [1.29, 1.82) is 0 Å². The third kappa shape index (κ3) is 3.10. The Morgan fingerprint density at radius 3 is 2.74 bits per heavy atom. The van der Waals surface area contributed by atoms with Gasteiger partial charge < -0.3 is 4.74 Å². The molecule has 1 aromatic heterocycles. The molecule has 0 aliphatic heterocycles. The molecule has 0 aliphatic carbocycles. The van der Waals surface area contributed by atoms with E-state index in [2.05, 4.69) is 9.97 Å². The summed E-state index contributed by atoms with van der Waals surface area (Å²) in [6, 6.07) is 4.85. The Kier molecular flexibility index (Phi) is 3.82. The topological polar surface area (TPSA) is 78.2 Å². The molecule has 2 aromatic rings. The molecule has 0 spiro atoms. The Hall–Kier alpha value is -1.92. The molecule has 1 heterocycles. The molecule has 0 radical (unpaired) electrons. The normalized spacial score (nSPS) is 10.3. The molecule has 2 rings (SSSR count). The summed E-state index contributed by atoms with van der Waals surface area (Å²) >= 11 is 11.5. The van der Waals surface area contributed by atoms with E-state index in [9.17, 15) is 10.1 Å². The molecule has 0 saturated carbocycles. The predicted molar refractivity (Wildman–Crippen MR) is 70.0 cm³/mol. The third-order valence-electron chi connectivity index (χ3n) is 2.25. The summed E-state index contributed by atoms with van der Waals surface area (Å²) in [5.41, 5.74) is 0.416. The molecular formula is C11H7Cl2N3O3. The number of nitro groups is 1. The van der Waals surface area contributed by atoms with E-state index in [1.54, 1.807) is 25.1 Å². The molecule has 6 nitrogen and oxygen atoms in total. The van der Waals surface area contributed by atoms with E-state index in [1.807, 2.05) is 0 Å². The van der Waals surface area contributed by atoms with Crippen LogP contribution in [0.2, 0.25) is 10.3 Å². The zero-order valence-corrected chi connectivity index (χ0v) is 11.1. The van der Waals surface area contributed by atoms with Gasteiger partial charge in [-0.1, -0.05) is 11.6 Å². The predicted octanol–water partition coefficient (Wildman–Crippen LogP) is 3.79. The molecule has 19 heavy (non-hydrogen) atoms. The van der Waals surface area contributed by atoms with Crippen molar-refractivity contribution in [1.82, 2.24) is 9.97 Å². The van der Waals surface area contributed by atoms with E-state index in [0.29, 0.717) is 10.8 Å². The van der Waals surface area contributed by atoms with Crippen LogP contribution in [-0.2, 0) is 0 Å². The van der Waals surface area contributed by atoms with Gasteiger partial charge in [0, 0.05) is 5.02 Å². The van der Waals surface area contributed by atoms with Crippen molar-refractivity contribution < 1.29 is 9.66 Å². The first-order valence-corrected chi connectivity index (χ1v) is 5.84. The lowest BCUT2D eigenvalue weighted by atomic mass is 10.2. The SMILES string of the molecule is Cc1cc(Oc2nc(Cl)ncc2[N+](=O)[O-])ccc1Cl. The van der Waals surface area contributed by atoms with Gasteiger partial charge in [0.1, 0.15) is 11.9 Å². The number of benzene rings is 1. The summed E-state index contributed by atoms with van der Waals surface area (Å²) in [7, 11) is 0. The Morgan fingerprint density at radius 1 is 1.37 bits per heavy atom. The number of ether oxygens (including phenoxy) is 1. The molecule has 1 aromatic carbocycles. The van der Waals surface area contributed by atoms with E-state index in [1.165, 1.54) is 0 Å². The van der Waals surface area contributed by atoms with E-state index >= 15 is 0 Å². The van der Waals surface area contributed by atoms with Crippen molar-refractivity contribution in [2.45, 2.75) is 6.92 Å². The Morgan fingerprint density at radius 2 is 2.11 bits per heavy atom. The van der Waals surface area contributed by atoms with Crippen LogP contribution in [0.1, 0.15) is 5.56 Å². The summed E-state index contributed by atoms with van der Waals surface area (Å²) in [5, 5.41) is 11.3. The molecular weight excluding hydrogens is 293 g/mol. The van der Waals surface area contributed by atoms with Gasteiger partial charge in [-0.3, -0.25) is 10.1 Å². The van der Waals surface area contributed by atoms with Crippen LogP contribution in [0.15, 0.2) is 24.4 Å². The van der Waals surface area contributed by atoms with Gasteiger partial charge in [0.05, 0.1) is 4.92 Å². The quantitative estimate of drug-likeness (QED) is 0.489. The van der Waals surface area contributed by atoms with Crippen LogP contribution in [0.3, 0.4) is 0 Å². The molecule has 0 atom stereocenters. The maximum Gasteiger partial charge on any atom is 0.349 e. The van der Waals surface area contributed by atoms with Crippen molar-refractivity contribution in [3.05, 3.63) is 50.4 Å². The smallest absolute Gasteiger partial charge is 0.349 e. The highest BCUT2D eigenvalue weighted by Gasteiger charge is 2.19. The minimum atomic E-state index is -0.644. The van der Waals surface area contributed by atoms with Crippen molar-refractivity contribution in [3.8, 4) is 11.6 Å². The Bertz CT molecular complexity index is 649. The zero-order chi connectivity index (χ0) is 14.0. The molecule has 0 unspecified atom stereocenters. The molecule has 0 aliphatic rings. The molecule has 0 amide bonds. The fraction of sp³-hybridized carbons (Fsp3) is 0.0909. The average molecular weight is 300 g/mol. The highest BCUT2D eigenvalue weighted by molar-refractivity contribution is 6.31. The van der Waals surface area contributed by atoms with Gasteiger partial charge in [-0.25, -0.2) is 4.98 Å². The first kappa shape index (κ1) is 13.5. The fourth-order valence-electron chi connectivity index (χ4n) is 1.33. The van der Waals surface area contributed by atoms with Crippen molar-refractivity contribution in [2.24, 2.45) is 0 Å². The van der Waals surface area contributed by atoms with E-state index in [-0.39, 0.29) is 16.9 Å². The number of aromatic nitrogens is 2. The maximum atomic E-state index is 10.8. The van der Waals surface area contributed by atoms with E-state index < -0.39 is 4.92 Å². The zero-order valence-electron chi connectivity index (χ0n) is 9.63. The van der Waals surface area contributed by atoms with Gasteiger partial charge in [0.25, 0.3) is 0 Å². The maximum absolute atomic E-state index is 10.8. The lowest BCUT2D eigenvalue weighted by molar-refractivity contribution is -0.386. The molecule has 0 fully saturated rings. The van der Waals surface area contributed by atoms with Crippen molar-refractivity contribution >= 4 is 28.9 Å². The summed E-state index contributed by atoms with van der Waals surface area (Å²) in [4.78, 5) is 17.4. The first-order valence-electron chi connectivity index (χ1n) is 5.08. The average Bonchev–Trinajstić information content (AvgIpc) is 2.33. The molecule has 0 N–H and O–H groups in total. The van der Waals surface area contributed by atoms with Crippen LogP contribution in [0.4, 0.5) is 5.69 Å². The van der Waals surface area contributed by atoms with E-state index in [0.717, 1.165) is 11.8 Å². The minimum absolute atomic E-state index is 0.133. The molecule has 98 valence electrons. The number of nitrogens with zero attached hydrogens (tertiary/aromatic N) is 3. The monoisotopic (exact) mass is 299 g/mol. The summed E-state index contributed by atoms with van der Waals surface area (Å²) < 4.78 is 5.35. The Balaban J connectivity index is 2.39. The molecule has 0 saturated heterocycles. The van der Waals surface area contributed by atoms with Gasteiger partial charge >= 0.3 is 11.6 Å². The minimum Gasteiger partial charge on any atom is -0.434 e. The van der Waals surface area contributed by atoms with Gasteiger partial charge in [-0.15, -0.1) is 0 Å². The van der Waals surface area contributed by atoms with Gasteiger partial charge in [-0.05, 0) is 42.3 Å². The number of hydrogen-bond acceptors (Lipinski definition) is 5. The van der Waals surface area contributed by atoms with Crippen LogP contribution in [0, 0.1) is 17.0 Å². The number of halogens is 2. The largest absolute Gasteiger partial charge is 0.434 e. The third-order valence-corrected chi connectivity index (χ3v) is 2.85. The number of aryl methyl sites for hydroxylation is 1. The Labute approximate surface area is 118 Å².